The molecule has 0 fully saturated rings. The predicted molar refractivity (Wildman–Crippen MR) is 80.5 cm³/mol. The van der Waals surface area contributed by atoms with Gasteiger partial charge in [0.15, 0.2) is 6.29 Å². The van der Waals surface area contributed by atoms with Crippen molar-refractivity contribution in [1.82, 2.24) is 0 Å². The molecule has 0 saturated carbocycles. The number of rotatable bonds is 2. The number of cyclic esters (lactones) is 1. The van der Waals surface area contributed by atoms with Crippen LogP contribution >= 0.6 is 0 Å². The van der Waals surface area contributed by atoms with Crippen molar-refractivity contribution in [1.29, 1.82) is 0 Å². The highest BCUT2D eigenvalue weighted by molar-refractivity contribution is 6.12. The molecular formula is C17H16O5. The topological polar surface area (TPSA) is 72.8 Å². The van der Waals surface area contributed by atoms with Crippen LogP contribution in [0.15, 0.2) is 12.1 Å². The third-order valence-electron chi connectivity index (χ3n) is 4.17. The minimum atomic E-state index is -1.24. The number of aldehydes is 1. The van der Waals surface area contributed by atoms with E-state index in [2.05, 4.69) is 0 Å². The van der Waals surface area contributed by atoms with Crippen LogP contribution in [-0.4, -0.2) is 30.8 Å². The van der Waals surface area contributed by atoms with Gasteiger partial charge in [-0.2, -0.15) is 0 Å². The molecule has 2 aromatic carbocycles. The number of benzene rings is 2. The molecule has 0 radical (unpaired) electrons. The predicted octanol–water partition coefficient (Wildman–Crippen LogP) is 2.31. The Balaban J connectivity index is 2.52. The van der Waals surface area contributed by atoms with Crippen LogP contribution in [0.25, 0.3) is 10.8 Å². The van der Waals surface area contributed by atoms with Crippen molar-refractivity contribution >= 4 is 23.0 Å². The Morgan fingerprint density at radius 3 is 2.50 bits per heavy atom. The van der Waals surface area contributed by atoms with E-state index in [-0.39, 0.29) is 6.42 Å². The lowest BCUT2D eigenvalue weighted by Crippen LogP contribution is -2.28. The number of ether oxygens (including phenoxy) is 2. The Hall–Kier alpha value is -2.40. The Morgan fingerprint density at radius 2 is 1.91 bits per heavy atom. The zero-order valence-corrected chi connectivity index (χ0v) is 12.6. The number of carbonyl (C=O) groups is 2. The van der Waals surface area contributed by atoms with Gasteiger partial charge >= 0.3 is 5.97 Å². The molecule has 2 aromatic rings. The number of hydrogen-bond acceptors (Lipinski definition) is 5. The van der Waals surface area contributed by atoms with Crippen LogP contribution < -0.4 is 4.74 Å². The second-order valence-corrected chi connectivity index (χ2v) is 5.46. The van der Waals surface area contributed by atoms with E-state index in [9.17, 15) is 14.7 Å². The fourth-order valence-electron chi connectivity index (χ4n) is 2.98. The van der Waals surface area contributed by atoms with Gasteiger partial charge in [-0.15, -0.1) is 0 Å². The average molecular weight is 300 g/mol. The van der Waals surface area contributed by atoms with E-state index in [1.165, 1.54) is 7.11 Å². The lowest BCUT2D eigenvalue weighted by molar-refractivity contribution is -0.0685. The summed E-state index contributed by atoms with van der Waals surface area (Å²) in [5, 5.41) is 11.1. The van der Waals surface area contributed by atoms with E-state index < -0.39 is 12.3 Å². The summed E-state index contributed by atoms with van der Waals surface area (Å²) in [4.78, 5) is 23.8. The molecule has 1 atom stereocenters. The SMILES string of the molecule is COc1c(C=O)c2c(c3cc(C)c(C)cc13)C(=O)OC(O)C2. The van der Waals surface area contributed by atoms with Crippen molar-refractivity contribution in [2.24, 2.45) is 0 Å². The summed E-state index contributed by atoms with van der Waals surface area (Å²) >= 11 is 0. The minimum Gasteiger partial charge on any atom is -0.495 e. The van der Waals surface area contributed by atoms with Gasteiger partial charge in [0.2, 0.25) is 6.29 Å². The molecule has 0 amide bonds. The number of carbonyl (C=O) groups excluding carboxylic acids is 2. The monoisotopic (exact) mass is 300 g/mol. The third-order valence-corrected chi connectivity index (χ3v) is 4.17. The molecule has 1 aliphatic heterocycles. The fraction of sp³-hybridized carbons (Fsp3) is 0.294. The molecule has 0 saturated heterocycles. The van der Waals surface area contributed by atoms with Crippen LogP contribution in [0.5, 0.6) is 5.75 Å². The second kappa shape index (κ2) is 5.10. The van der Waals surface area contributed by atoms with Crippen LogP contribution in [0, 0.1) is 13.8 Å². The third kappa shape index (κ3) is 1.97. The molecular weight excluding hydrogens is 284 g/mol. The average Bonchev–Trinajstić information content (AvgIpc) is 2.46. The Bertz CT molecular complexity index is 807. The van der Waals surface area contributed by atoms with E-state index in [0.29, 0.717) is 39.5 Å². The molecule has 1 N–H and O–H groups in total. The first-order valence-electron chi connectivity index (χ1n) is 6.96. The zero-order chi connectivity index (χ0) is 16.0. The zero-order valence-electron chi connectivity index (χ0n) is 12.6. The van der Waals surface area contributed by atoms with Crippen LogP contribution in [0.4, 0.5) is 0 Å². The van der Waals surface area contributed by atoms with Gasteiger partial charge in [0, 0.05) is 17.2 Å². The van der Waals surface area contributed by atoms with Crippen molar-refractivity contribution in [2.75, 3.05) is 7.11 Å². The maximum Gasteiger partial charge on any atom is 0.341 e. The van der Waals surface area contributed by atoms with Crippen molar-refractivity contribution < 1.29 is 24.2 Å². The first-order valence-corrected chi connectivity index (χ1v) is 6.96. The van der Waals surface area contributed by atoms with E-state index in [4.69, 9.17) is 9.47 Å². The van der Waals surface area contributed by atoms with Crippen molar-refractivity contribution in [3.63, 3.8) is 0 Å². The highest BCUT2D eigenvalue weighted by Crippen LogP contribution is 2.39. The van der Waals surface area contributed by atoms with E-state index in [1.54, 1.807) is 0 Å². The highest BCUT2D eigenvalue weighted by Gasteiger charge is 2.32. The first kappa shape index (κ1) is 14.5. The number of methoxy groups -OCH3 is 1. The van der Waals surface area contributed by atoms with Crippen molar-refractivity contribution in [2.45, 2.75) is 26.6 Å². The number of aliphatic hydroxyl groups excluding tert-OH is 1. The number of fused-ring (bicyclic) bond motifs is 3. The summed E-state index contributed by atoms with van der Waals surface area (Å²) in [6.07, 6.45) is -0.501. The quantitative estimate of drug-likeness (QED) is 0.680. The molecule has 0 bridgehead atoms. The second-order valence-electron chi connectivity index (χ2n) is 5.46. The number of hydrogen-bond donors (Lipinski definition) is 1. The number of esters is 1. The van der Waals surface area contributed by atoms with Crippen molar-refractivity contribution in [3.8, 4) is 5.75 Å². The highest BCUT2D eigenvalue weighted by atomic mass is 16.6. The van der Waals surface area contributed by atoms with Gasteiger partial charge in [0.25, 0.3) is 0 Å². The molecule has 0 spiro atoms. The van der Waals surface area contributed by atoms with Crippen LogP contribution in [0.3, 0.4) is 0 Å². The normalized spacial score (nSPS) is 17.1. The molecule has 1 heterocycles. The molecule has 5 heteroatoms. The molecule has 3 rings (SSSR count). The maximum atomic E-state index is 12.2. The van der Waals surface area contributed by atoms with E-state index >= 15 is 0 Å². The lowest BCUT2D eigenvalue weighted by Gasteiger charge is -2.25. The van der Waals surface area contributed by atoms with Gasteiger partial charge in [0.05, 0.1) is 18.2 Å². The molecule has 22 heavy (non-hydrogen) atoms. The lowest BCUT2D eigenvalue weighted by atomic mass is 9.88. The van der Waals surface area contributed by atoms with Gasteiger partial charge in [-0.1, -0.05) is 6.07 Å². The van der Waals surface area contributed by atoms with E-state index in [1.807, 2.05) is 26.0 Å². The van der Waals surface area contributed by atoms with Gasteiger partial charge in [0.1, 0.15) is 5.75 Å². The molecule has 114 valence electrons. The minimum absolute atomic E-state index is 0.0777. The molecule has 5 nitrogen and oxygen atoms in total. The molecule has 0 aromatic heterocycles. The summed E-state index contributed by atoms with van der Waals surface area (Å²) in [5.74, 6) is -0.193. The van der Waals surface area contributed by atoms with Gasteiger partial charge in [-0.05, 0) is 36.6 Å². The smallest absolute Gasteiger partial charge is 0.341 e. The largest absolute Gasteiger partial charge is 0.495 e. The van der Waals surface area contributed by atoms with Gasteiger partial charge < -0.3 is 14.6 Å². The molecule has 1 unspecified atom stereocenters. The standard InChI is InChI=1S/C17H16O5/c1-8-4-10-12(5-9(8)2)16(21-3)13(7-18)11-6-14(19)22-17(20)15(10)11/h4-5,7,14,19H,6H2,1-3H3. The van der Waals surface area contributed by atoms with E-state index in [0.717, 1.165) is 11.1 Å². The van der Waals surface area contributed by atoms with Crippen LogP contribution in [0.1, 0.15) is 37.4 Å². The van der Waals surface area contributed by atoms with Crippen LogP contribution in [0.2, 0.25) is 0 Å². The summed E-state index contributed by atoms with van der Waals surface area (Å²) in [5.41, 5.74) is 3.17. The summed E-state index contributed by atoms with van der Waals surface area (Å²) < 4.78 is 10.3. The number of aryl methyl sites for hydroxylation is 2. The maximum absolute atomic E-state index is 12.2. The summed E-state index contributed by atoms with van der Waals surface area (Å²) in [7, 11) is 1.49. The van der Waals surface area contributed by atoms with Gasteiger partial charge in [-0.25, -0.2) is 4.79 Å². The molecule has 0 aliphatic carbocycles. The Morgan fingerprint density at radius 1 is 1.27 bits per heavy atom. The summed E-state index contributed by atoms with van der Waals surface area (Å²) in [6, 6.07) is 3.79. The first-order chi connectivity index (χ1) is 10.5. The van der Waals surface area contributed by atoms with Crippen molar-refractivity contribution in [3.05, 3.63) is 39.9 Å². The fourth-order valence-corrected chi connectivity index (χ4v) is 2.98. The summed E-state index contributed by atoms with van der Waals surface area (Å²) in [6.45, 7) is 3.90. The Kier molecular flexibility index (Phi) is 3.37. The van der Waals surface area contributed by atoms with Crippen LogP contribution in [-0.2, 0) is 11.2 Å². The number of aliphatic hydroxyl groups is 1. The van der Waals surface area contributed by atoms with Gasteiger partial charge in [-0.3, -0.25) is 4.79 Å². The molecule has 1 aliphatic rings. The Labute approximate surface area is 127 Å².